The number of halogens is 1. The summed E-state index contributed by atoms with van der Waals surface area (Å²) in [5.74, 6) is 0.917. The second kappa shape index (κ2) is 6.04. The maximum Gasteiger partial charge on any atom is 0.123 e. The molecule has 3 nitrogen and oxygen atoms in total. The van der Waals surface area contributed by atoms with Gasteiger partial charge in [-0.2, -0.15) is 0 Å². The number of rotatable bonds is 5. The maximum atomic E-state index is 5.98. The lowest BCUT2D eigenvalue weighted by molar-refractivity contribution is 0.112. The van der Waals surface area contributed by atoms with Crippen LogP contribution in [0.5, 0.6) is 5.75 Å². The average molecular weight is 313 g/mol. The van der Waals surface area contributed by atoms with Crippen molar-refractivity contribution in [2.45, 2.75) is 31.3 Å². The standard InChI is InChI=1S/C14H21BrN2O/c1-17(11-4-3-5-11)13(9-16)12-8-10(15)6-7-14(12)18-2/h6-8,11,13H,3-5,9,16H2,1-2H3. The van der Waals surface area contributed by atoms with E-state index in [4.69, 9.17) is 10.5 Å². The largest absolute Gasteiger partial charge is 0.496 e. The predicted octanol–water partition coefficient (Wildman–Crippen LogP) is 2.94. The smallest absolute Gasteiger partial charge is 0.123 e. The molecule has 1 aromatic carbocycles. The predicted molar refractivity (Wildman–Crippen MR) is 77.9 cm³/mol. The van der Waals surface area contributed by atoms with Crippen molar-refractivity contribution in [1.29, 1.82) is 0 Å². The summed E-state index contributed by atoms with van der Waals surface area (Å²) in [4.78, 5) is 2.40. The Morgan fingerprint density at radius 3 is 2.72 bits per heavy atom. The fraction of sp³-hybridized carbons (Fsp3) is 0.571. The minimum atomic E-state index is 0.225. The van der Waals surface area contributed by atoms with Crippen molar-refractivity contribution in [3.63, 3.8) is 0 Å². The Bertz CT molecular complexity index is 407. The summed E-state index contributed by atoms with van der Waals surface area (Å²) < 4.78 is 6.53. The number of methoxy groups -OCH3 is 1. The van der Waals surface area contributed by atoms with Gasteiger partial charge in [-0.1, -0.05) is 22.4 Å². The highest BCUT2D eigenvalue weighted by Crippen LogP contribution is 2.35. The van der Waals surface area contributed by atoms with E-state index in [0.29, 0.717) is 12.6 Å². The highest BCUT2D eigenvalue weighted by Gasteiger charge is 2.29. The molecule has 1 aliphatic carbocycles. The molecule has 1 aromatic rings. The van der Waals surface area contributed by atoms with E-state index in [1.54, 1.807) is 7.11 Å². The van der Waals surface area contributed by atoms with E-state index in [1.165, 1.54) is 24.8 Å². The first kappa shape index (κ1) is 13.8. The first-order valence-electron chi connectivity index (χ1n) is 6.42. The van der Waals surface area contributed by atoms with Crippen LogP contribution < -0.4 is 10.5 Å². The second-order valence-corrected chi connectivity index (χ2v) is 5.80. The third-order valence-corrected chi connectivity index (χ3v) is 4.41. The van der Waals surface area contributed by atoms with Crippen LogP contribution in [0.3, 0.4) is 0 Å². The van der Waals surface area contributed by atoms with Crippen molar-refractivity contribution in [1.82, 2.24) is 4.90 Å². The van der Waals surface area contributed by atoms with Gasteiger partial charge >= 0.3 is 0 Å². The van der Waals surface area contributed by atoms with Crippen LogP contribution in [0.2, 0.25) is 0 Å². The molecule has 1 atom stereocenters. The molecule has 0 spiro atoms. The van der Waals surface area contributed by atoms with E-state index in [1.807, 2.05) is 12.1 Å². The fourth-order valence-electron chi connectivity index (χ4n) is 2.53. The molecular formula is C14H21BrN2O. The van der Waals surface area contributed by atoms with E-state index in [9.17, 15) is 0 Å². The van der Waals surface area contributed by atoms with Crippen LogP contribution in [0.4, 0.5) is 0 Å². The molecule has 4 heteroatoms. The van der Waals surface area contributed by atoms with Crippen LogP contribution in [0.15, 0.2) is 22.7 Å². The summed E-state index contributed by atoms with van der Waals surface area (Å²) in [5, 5.41) is 0. The Labute approximate surface area is 117 Å². The molecule has 100 valence electrons. The average Bonchev–Trinajstić information content (AvgIpc) is 2.28. The van der Waals surface area contributed by atoms with Crippen LogP contribution in [0.1, 0.15) is 30.9 Å². The summed E-state index contributed by atoms with van der Waals surface area (Å²) in [5.41, 5.74) is 7.15. The molecule has 1 unspecified atom stereocenters. The maximum absolute atomic E-state index is 5.98. The second-order valence-electron chi connectivity index (χ2n) is 4.89. The van der Waals surface area contributed by atoms with Gasteiger partial charge in [0.1, 0.15) is 5.75 Å². The number of benzene rings is 1. The molecule has 2 rings (SSSR count). The number of ether oxygens (including phenoxy) is 1. The van der Waals surface area contributed by atoms with Gasteiger partial charge in [0, 0.05) is 22.6 Å². The van der Waals surface area contributed by atoms with Crippen LogP contribution >= 0.6 is 15.9 Å². The van der Waals surface area contributed by atoms with Gasteiger partial charge in [0.25, 0.3) is 0 Å². The molecule has 0 amide bonds. The zero-order chi connectivity index (χ0) is 13.1. The minimum absolute atomic E-state index is 0.225. The molecule has 2 N–H and O–H groups in total. The van der Waals surface area contributed by atoms with E-state index in [2.05, 4.69) is 33.9 Å². The van der Waals surface area contributed by atoms with Gasteiger partial charge in [0.2, 0.25) is 0 Å². The van der Waals surface area contributed by atoms with E-state index < -0.39 is 0 Å². The zero-order valence-electron chi connectivity index (χ0n) is 11.0. The Hall–Kier alpha value is -0.580. The molecule has 1 aliphatic rings. The van der Waals surface area contributed by atoms with Gasteiger partial charge in [0.05, 0.1) is 13.2 Å². The summed E-state index contributed by atoms with van der Waals surface area (Å²) >= 11 is 3.53. The SMILES string of the molecule is COc1ccc(Br)cc1C(CN)N(C)C1CCC1. The van der Waals surface area contributed by atoms with E-state index in [-0.39, 0.29) is 6.04 Å². The molecule has 0 heterocycles. The van der Waals surface area contributed by atoms with Crippen LogP contribution in [0.25, 0.3) is 0 Å². The lowest BCUT2D eigenvalue weighted by Crippen LogP contribution is -2.42. The highest BCUT2D eigenvalue weighted by molar-refractivity contribution is 9.10. The zero-order valence-corrected chi connectivity index (χ0v) is 12.6. The summed E-state index contributed by atoms with van der Waals surface area (Å²) in [7, 11) is 3.88. The molecule has 0 saturated heterocycles. The van der Waals surface area contributed by atoms with Crippen LogP contribution in [-0.2, 0) is 0 Å². The third-order valence-electron chi connectivity index (χ3n) is 3.92. The normalized spacial score (nSPS) is 17.6. The van der Waals surface area contributed by atoms with Crippen LogP contribution in [-0.4, -0.2) is 31.6 Å². The Kier molecular flexibility index (Phi) is 4.65. The van der Waals surface area contributed by atoms with Crippen molar-refractivity contribution in [2.24, 2.45) is 5.73 Å². The van der Waals surface area contributed by atoms with Gasteiger partial charge in [-0.25, -0.2) is 0 Å². The van der Waals surface area contributed by atoms with Gasteiger partial charge in [-0.15, -0.1) is 0 Å². The van der Waals surface area contributed by atoms with E-state index in [0.717, 1.165) is 10.2 Å². The lowest BCUT2D eigenvalue weighted by Gasteiger charge is -2.40. The van der Waals surface area contributed by atoms with Crippen molar-refractivity contribution < 1.29 is 4.74 Å². The molecule has 0 radical (unpaired) electrons. The number of nitrogens with two attached hydrogens (primary N) is 1. The van der Waals surface area contributed by atoms with Crippen molar-refractivity contribution in [3.05, 3.63) is 28.2 Å². The van der Waals surface area contributed by atoms with Gasteiger partial charge in [0.15, 0.2) is 0 Å². The Morgan fingerprint density at radius 2 is 2.22 bits per heavy atom. The number of hydrogen-bond acceptors (Lipinski definition) is 3. The Morgan fingerprint density at radius 1 is 1.50 bits per heavy atom. The molecule has 0 bridgehead atoms. The Balaban J connectivity index is 2.27. The van der Waals surface area contributed by atoms with Gasteiger partial charge in [-0.05, 0) is 38.1 Å². The monoisotopic (exact) mass is 312 g/mol. The van der Waals surface area contributed by atoms with Crippen molar-refractivity contribution in [2.75, 3.05) is 20.7 Å². The lowest BCUT2D eigenvalue weighted by atomic mass is 9.89. The fourth-order valence-corrected chi connectivity index (χ4v) is 2.91. The third kappa shape index (κ3) is 2.71. The minimum Gasteiger partial charge on any atom is -0.496 e. The van der Waals surface area contributed by atoms with Gasteiger partial charge in [-0.3, -0.25) is 4.90 Å². The van der Waals surface area contributed by atoms with E-state index >= 15 is 0 Å². The molecule has 0 aromatic heterocycles. The summed E-state index contributed by atoms with van der Waals surface area (Å²) in [6, 6.07) is 7.01. The summed E-state index contributed by atoms with van der Waals surface area (Å²) in [6.07, 6.45) is 3.90. The first-order chi connectivity index (χ1) is 8.67. The molecule has 0 aliphatic heterocycles. The summed E-state index contributed by atoms with van der Waals surface area (Å²) in [6.45, 7) is 0.611. The topological polar surface area (TPSA) is 38.5 Å². The molecule has 1 saturated carbocycles. The van der Waals surface area contributed by atoms with Crippen molar-refractivity contribution >= 4 is 15.9 Å². The number of likely N-dealkylation sites (N-methyl/N-ethyl adjacent to an activating group) is 1. The highest BCUT2D eigenvalue weighted by atomic mass is 79.9. The number of nitrogens with zero attached hydrogens (tertiary/aromatic N) is 1. The molecule has 1 fully saturated rings. The molecular weight excluding hydrogens is 292 g/mol. The van der Waals surface area contributed by atoms with Crippen LogP contribution in [0, 0.1) is 0 Å². The van der Waals surface area contributed by atoms with Crippen molar-refractivity contribution in [3.8, 4) is 5.75 Å². The van der Waals surface area contributed by atoms with Gasteiger partial charge < -0.3 is 10.5 Å². The number of hydrogen-bond donors (Lipinski definition) is 1. The quantitative estimate of drug-likeness (QED) is 0.908. The first-order valence-corrected chi connectivity index (χ1v) is 7.22. The molecule has 18 heavy (non-hydrogen) atoms.